The van der Waals surface area contributed by atoms with Crippen molar-refractivity contribution in [3.63, 3.8) is 0 Å². The highest BCUT2D eigenvalue weighted by atomic mass is 15.1. The first-order chi connectivity index (χ1) is 22.7. The van der Waals surface area contributed by atoms with Gasteiger partial charge in [0, 0.05) is 34.1 Å². The summed E-state index contributed by atoms with van der Waals surface area (Å²) in [6, 6.07) is 30.5. The average molecular weight is 599 g/mol. The molecular formula is C38H30N8+2. The lowest BCUT2D eigenvalue weighted by Gasteiger charge is -2.16. The highest BCUT2D eigenvalue weighted by molar-refractivity contribution is 6.34. The number of azide groups is 2. The maximum absolute atomic E-state index is 8.51. The largest absolute Gasteiger partial charge is 0.205 e. The first-order valence-electron chi connectivity index (χ1n) is 15.2. The van der Waals surface area contributed by atoms with E-state index in [2.05, 4.69) is 129 Å². The molecule has 7 aromatic rings. The minimum absolute atomic E-state index is 0.433. The molecule has 0 aliphatic rings. The molecule has 0 aliphatic heterocycles. The lowest BCUT2D eigenvalue weighted by molar-refractivity contribution is -0.694. The summed E-state index contributed by atoms with van der Waals surface area (Å²) >= 11 is 0. The number of aromatic nitrogens is 2. The summed E-state index contributed by atoms with van der Waals surface area (Å²) in [7, 11) is 0. The van der Waals surface area contributed by atoms with Gasteiger partial charge in [-0.1, -0.05) is 95.2 Å². The number of fused-ring (bicyclic) bond motifs is 2. The van der Waals surface area contributed by atoms with Crippen molar-refractivity contribution in [3.8, 4) is 0 Å². The van der Waals surface area contributed by atoms with E-state index in [0.717, 1.165) is 11.1 Å². The summed E-state index contributed by atoms with van der Waals surface area (Å²) < 4.78 is 4.03. The van der Waals surface area contributed by atoms with Gasteiger partial charge in [-0.3, -0.25) is 0 Å². The molecule has 8 nitrogen and oxygen atoms in total. The van der Waals surface area contributed by atoms with Gasteiger partial charge in [0.1, 0.15) is 0 Å². The summed E-state index contributed by atoms with van der Waals surface area (Å²) in [5.74, 6) is 0. The molecule has 8 heteroatoms. The van der Waals surface area contributed by atoms with Gasteiger partial charge in [-0.2, -0.15) is 0 Å². The summed E-state index contributed by atoms with van der Waals surface area (Å²) in [6.07, 6.45) is 16.7. The zero-order valence-electron chi connectivity index (χ0n) is 25.1. The van der Waals surface area contributed by atoms with Crippen molar-refractivity contribution >= 4 is 67.4 Å². The van der Waals surface area contributed by atoms with E-state index >= 15 is 0 Å². The molecule has 0 atom stereocenters. The van der Waals surface area contributed by atoms with Gasteiger partial charge in [-0.15, -0.1) is 0 Å². The van der Waals surface area contributed by atoms with Crippen LogP contribution in [0.15, 0.2) is 120 Å². The van der Waals surface area contributed by atoms with Crippen LogP contribution in [0.2, 0.25) is 0 Å². The number of hydrogen-bond donors (Lipinski definition) is 0. The Bertz CT molecular complexity index is 2170. The van der Waals surface area contributed by atoms with E-state index in [4.69, 9.17) is 11.1 Å². The van der Waals surface area contributed by atoms with Gasteiger partial charge in [-0.05, 0) is 76.4 Å². The Balaban J connectivity index is 1.24. The van der Waals surface area contributed by atoms with Gasteiger partial charge in [0.25, 0.3) is 0 Å². The third-order valence-corrected chi connectivity index (χ3v) is 8.52. The molecule has 2 aromatic heterocycles. The van der Waals surface area contributed by atoms with Crippen LogP contribution in [0.25, 0.3) is 88.3 Å². The van der Waals surface area contributed by atoms with Crippen LogP contribution < -0.4 is 9.13 Å². The summed E-state index contributed by atoms with van der Waals surface area (Å²) in [5, 5.41) is 17.3. The third kappa shape index (κ3) is 5.58. The smallest absolute Gasteiger partial charge is 0.169 e. The van der Waals surface area contributed by atoms with E-state index in [0.29, 0.717) is 26.2 Å². The molecule has 0 radical (unpaired) electrons. The van der Waals surface area contributed by atoms with Gasteiger partial charge in [-0.25, -0.2) is 9.13 Å². The summed E-state index contributed by atoms with van der Waals surface area (Å²) in [4.78, 5) is 5.65. The summed E-state index contributed by atoms with van der Waals surface area (Å²) in [5.41, 5.74) is 21.6. The Labute approximate surface area is 265 Å². The van der Waals surface area contributed by atoms with E-state index in [9.17, 15) is 0 Å². The number of rotatable bonds is 10. The Kier molecular flexibility index (Phi) is 7.95. The molecule has 0 spiro atoms. The van der Waals surface area contributed by atoms with Crippen LogP contribution >= 0.6 is 0 Å². The molecule has 0 N–H and O–H groups in total. The van der Waals surface area contributed by atoms with Crippen molar-refractivity contribution in [2.45, 2.75) is 13.1 Å². The standard InChI is InChI=1S/C38H30N8/c39-43-41-19-25-45-21-15-27(16-22-45)7-9-29-11-14-36-34-6-2-4-32-30(10-8-28-17-23-46(24-18-28)26-20-42-44-40)12-13-35(38(32)34)33-5-1-3-31(29)37(33)36/h1-18,21-24H,19-20,25-26H2/q+2/b9-7+,10-8+. The third-order valence-electron chi connectivity index (χ3n) is 8.52. The van der Waals surface area contributed by atoms with Crippen molar-refractivity contribution in [2.75, 3.05) is 13.1 Å². The zero-order chi connectivity index (χ0) is 31.3. The van der Waals surface area contributed by atoms with E-state index in [1.165, 1.54) is 54.2 Å². The Morgan fingerprint density at radius 3 is 1.28 bits per heavy atom. The second kappa shape index (κ2) is 12.8. The van der Waals surface area contributed by atoms with Gasteiger partial charge < -0.3 is 0 Å². The first-order valence-corrected chi connectivity index (χ1v) is 15.2. The minimum atomic E-state index is 0.433. The second-order valence-corrected chi connectivity index (χ2v) is 11.2. The number of hydrogen-bond acceptors (Lipinski definition) is 2. The highest BCUT2D eigenvalue weighted by Crippen LogP contribution is 2.42. The first kappa shape index (κ1) is 28.6. The summed E-state index contributed by atoms with van der Waals surface area (Å²) in [6.45, 7) is 2.18. The molecule has 0 saturated carbocycles. The highest BCUT2D eigenvalue weighted by Gasteiger charge is 2.15. The molecule has 0 saturated heterocycles. The van der Waals surface area contributed by atoms with Gasteiger partial charge in [0.15, 0.2) is 37.9 Å². The second-order valence-electron chi connectivity index (χ2n) is 11.2. The number of nitrogens with zero attached hydrogens (tertiary/aromatic N) is 8. The fraction of sp³-hybridized carbons (Fsp3) is 0.105. The van der Waals surface area contributed by atoms with E-state index in [1.807, 2.05) is 33.9 Å². The maximum atomic E-state index is 8.51. The van der Waals surface area contributed by atoms with Crippen LogP contribution in [-0.4, -0.2) is 13.1 Å². The fourth-order valence-electron chi connectivity index (χ4n) is 6.29. The topological polar surface area (TPSA) is 105 Å². The molecule has 2 heterocycles. The predicted octanol–water partition coefficient (Wildman–Crippen LogP) is 9.27. The van der Waals surface area contributed by atoms with Crippen LogP contribution in [0.5, 0.6) is 0 Å². The molecule has 0 aliphatic carbocycles. The lowest BCUT2D eigenvalue weighted by atomic mass is 9.87. The zero-order valence-corrected chi connectivity index (χ0v) is 25.1. The van der Waals surface area contributed by atoms with E-state index in [-0.39, 0.29) is 0 Å². The molecule has 46 heavy (non-hydrogen) atoms. The van der Waals surface area contributed by atoms with Crippen LogP contribution in [0, 0.1) is 0 Å². The number of benzene rings is 5. The normalized spacial score (nSPS) is 11.7. The fourth-order valence-corrected chi connectivity index (χ4v) is 6.29. The Morgan fingerprint density at radius 2 is 0.870 bits per heavy atom. The molecule has 0 bridgehead atoms. The molecular weight excluding hydrogens is 568 g/mol. The quantitative estimate of drug-likeness (QED) is 0.0374. The van der Waals surface area contributed by atoms with Gasteiger partial charge in [0.05, 0.1) is 13.1 Å². The van der Waals surface area contributed by atoms with Crippen LogP contribution in [-0.2, 0) is 13.1 Å². The minimum Gasteiger partial charge on any atom is -0.205 e. The number of pyridine rings is 2. The molecule has 0 amide bonds. The van der Waals surface area contributed by atoms with E-state index in [1.54, 1.807) is 0 Å². The van der Waals surface area contributed by atoms with Crippen molar-refractivity contribution in [3.05, 3.63) is 153 Å². The van der Waals surface area contributed by atoms with Crippen LogP contribution in [0.4, 0.5) is 0 Å². The molecule has 0 unspecified atom stereocenters. The Hall–Kier alpha value is -6.20. The van der Waals surface area contributed by atoms with E-state index < -0.39 is 0 Å². The van der Waals surface area contributed by atoms with Crippen LogP contribution in [0.1, 0.15) is 22.3 Å². The van der Waals surface area contributed by atoms with Crippen molar-refractivity contribution in [1.29, 1.82) is 0 Å². The van der Waals surface area contributed by atoms with Crippen molar-refractivity contribution in [2.24, 2.45) is 10.2 Å². The van der Waals surface area contributed by atoms with Crippen molar-refractivity contribution in [1.82, 2.24) is 0 Å². The average Bonchev–Trinajstić information content (AvgIpc) is 3.10. The Morgan fingerprint density at radius 1 is 0.478 bits per heavy atom. The molecule has 0 fully saturated rings. The maximum Gasteiger partial charge on any atom is 0.169 e. The van der Waals surface area contributed by atoms with Gasteiger partial charge >= 0.3 is 0 Å². The lowest BCUT2D eigenvalue weighted by Crippen LogP contribution is -2.33. The van der Waals surface area contributed by atoms with Crippen molar-refractivity contribution < 1.29 is 9.13 Å². The molecule has 220 valence electrons. The van der Waals surface area contributed by atoms with Gasteiger partial charge in [0.2, 0.25) is 0 Å². The monoisotopic (exact) mass is 598 g/mol. The molecule has 7 rings (SSSR count). The SMILES string of the molecule is [N-]=[N+]=NCC[n+]1ccc(/C=C/c2ccc3c4cccc5c(/C=C/c6cc[n+](CCN=[N+]=[N-])cc6)ccc(c6cccc2c63)c54)cc1. The molecule has 5 aromatic carbocycles. The predicted molar refractivity (Wildman–Crippen MR) is 187 cm³/mol. The van der Waals surface area contributed by atoms with Crippen LogP contribution in [0.3, 0.4) is 0 Å².